The lowest BCUT2D eigenvalue weighted by molar-refractivity contribution is -0.147. The summed E-state index contributed by atoms with van der Waals surface area (Å²) in [7, 11) is 1.87. The highest BCUT2D eigenvalue weighted by Crippen LogP contribution is 2.24. The molecule has 4 nitrogen and oxygen atoms in total. The van der Waals surface area contributed by atoms with E-state index in [0.717, 1.165) is 25.2 Å². The van der Waals surface area contributed by atoms with Crippen LogP contribution in [0.25, 0.3) is 0 Å². The Kier molecular flexibility index (Phi) is 4.66. The largest absolute Gasteiger partial charge is 0.343 e. The van der Waals surface area contributed by atoms with Crippen molar-refractivity contribution < 1.29 is 4.79 Å². The molecule has 0 saturated carbocycles. The second-order valence-electron chi connectivity index (χ2n) is 5.91. The Morgan fingerprint density at radius 3 is 2.81 bits per heavy atom. The molecular weight excluding hydrogens is 262 g/mol. The minimum absolute atomic E-state index is 0.174. The van der Waals surface area contributed by atoms with E-state index >= 15 is 0 Å². The SMILES string of the molecule is CN1CCN(Cc2cccc(C#CCN)c2)C(C)(C)C1=O. The number of piperazine rings is 1. The van der Waals surface area contributed by atoms with Crippen molar-refractivity contribution in [3.63, 3.8) is 0 Å². The van der Waals surface area contributed by atoms with Crippen molar-refractivity contribution >= 4 is 5.91 Å². The molecule has 1 heterocycles. The van der Waals surface area contributed by atoms with Gasteiger partial charge in [0.2, 0.25) is 5.91 Å². The van der Waals surface area contributed by atoms with E-state index in [1.165, 1.54) is 5.56 Å². The van der Waals surface area contributed by atoms with Crippen LogP contribution in [0.15, 0.2) is 24.3 Å². The van der Waals surface area contributed by atoms with E-state index in [1.807, 2.05) is 33.0 Å². The number of nitrogens with zero attached hydrogens (tertiary/aromatic N) is 2. The molecular formula is C17H23N3O. The summed E-state index contributed by atoms with van der Waals surface area (Å²) in [6, 6.07) is 8.13. The number of hydrogen-bond donors (Lipinski definition) is 1. The van der Waals surface area contributed by atoms with Crippen molar-refractivity contribution in [2.75, 3.05) is 26.7 Å². The van der Waals surface area contributed by atoms with E-state index in [9.17, 15) is 4.79 Å². The van der Waals surface area contributed by atoms with Crippen molar-refractivity contribution in [2.24, 2.45) is 5.73 Å². The number of rotatable bonds is 2. The zero-order valence-corrected chi connectivity index (χ0v) is 13.0. The molecule has 1 saturated heterocycles. The van der Waals surface area contributed by atoms with E-state index in [4.69, 9.17) is 5.73 Å². The fraction of sp³-hybridized carbons (Fsp3) is 0.471. The second-order valence-corrected chi connectivity index (χ2v) is 5.91. The van der Waals surface area contributed by atoms with Gasteiger partial charge in [-0.05, 0) is 31.5 Å². The third-order valence-electron chi connectivity index (χ3n) is 4.00. The van der Waals surface area contributed by atoms with Gasteiger partial charge in [-0.1, -0.05) is 24.0 Å². The number of carbonyl (C=O) groups excluding carboxylic acids is 1. The molecule has 0 aromatic heterocycles. The summed E-state index contributed by atoms with van der Waals surface area (Å²) >= 11 is 0. The maximum Gasteiger partial charge on any atom is 0.242 e. The molecule has 1 aromatic rings. The number of amides is 1. The van der Waals surface area contributed by atoms with Crippen LogP contribution in [0.3, 0.4) is 0 Å². The number of nitrogens with two attached hydrogens (primary N) is 1. The fourth-order valence-electron chi connectivity index (χ4n) is 2.65. The Balaban J connectivity index is 2.16. The van der Waals surface area contributed by atoms with Gasteiger partial charge in [0, 0.05) is 32.2 Å². The van der Waals surface area contributed by atoms with E-state index in [-0.39, 0.29) is 5.91 Å². The number of carbonyl (C=O) groups is 1. The first-order chi connectivity index (χ1) is 9.95. The molecule has 0 aliphatic carbocycles. The van der Waals surface area contributed by atoms with E-state index in [2.05, 4.69) is 28.9 Å². The number of benzene rings is 1. The van der Waals surface area contributed by atoms with Crippen LogP contribution in [-0.2, 0) is 11.3 Å². The Morgan fingerprint density at radius 1 is 1.33 bits per heavy atom. The summed E-state index contributed by atoms with van der Waals surface area (Å²) in [6.45, 7) is 6.75. The lowest BCUT2D eigenvalue weighted by atomic mass is 9.96. The average molecular weight is 285 g/mol. The quantitative estimate of drug-likeness (QED) is 0.826. The van der Waals surface area contributed by atoms with Crippen LogP contribution in [0.1, 0.15) is 25.0 Å². The lowest BCUT2D eigenvalue weighted by Crippen LogP contribution is -2.61. The molecule has 0 unspecified atom stereocenters. The Bertz CT molecular complexity index is 583. The predicted octanol–water partition coefficient (Wildman–Crippen LogP) is 1.05. The Labute approximate surface area is 126 Å². The molecule has 4 heteroatoms. The minimum atomic E-state index is -0.466. The molecule has 0 bridgehead atoms. The van der Waals surface area contributed by atoms with Crippen LogP contribution in [0.4, 0.5) is 0 Å². The number of hydrogen-bond acceptors (Lipinski definition) is 3. The molecule has 1 amide bonds. The first-order valence-corrected chi connectivity index (χ1v) is 7.23. The van der Waals surface area contributed by atoms with Gasteiger partial charge >= 0.3 is 0 Å². The van der Waals surface area contributed by atoms with Gasteiger partial charge < -0.3 is 10.6 Å². The third-order valence-corrected chi connectivity index (χ3v) is 4.00. The fourth-order valence-corrected chi connectivity index (χ4v) is 2.65. The van der Waals surface area contributed by atoms with Crippen LogP contribution in [0.2, 0.25) is 0 Å². The van der Waals surface area contributed by atoms with Crippen molar-refractivity contribution in [3.05, 3.63) is 35.4 Å². The average Bonchev–Trinajstić information content (AvgIpc) is 2.47. The van der Waals surface area contributed by atoms with Crippen molar-refractivity contribution in [1.29, 1.82) is 0 Å². The van der Waals surface area contributed by atoms with Gasteiger partial charge in [0.15, 0.2) is 0 Å². The molecule has 0 atom stereocenters. The predicted molar refractivity (Wildman–Crippen MR) is 84.5 cm³/mol. The Hall–Kier alpha value is -1.83. The van der Waals surface area contributed by atoms with Crippen LogP contribution < -0.4 is 5.73 Å². The number of likely N-dealkylation sites (N-methyl/N-ethyl adjacent to an activating group) is 1. The zero-order chi connectivity index (χ0) is 15.5. The maximum absolute atomic E-state index is 12.3. The molecule has 1 aromatic carbocycles. The van der Waals surface area contributed by atoms with E-state index < -0.39 is 5.54 Å². The zero-order valence-electron chi connectivity index (χ0n) is 13.0. The van der Waals surface area contributed by atoms with Crippen LogP contribution >= 0.6 is 0 Å². The summed E-state index contributed by atoms with van der Waals surface area (Å²) in [5.74, 6) is 6.09. The molecule has 1 aliphatic heterocycles. The van der Waals surface area contributed by atoms with Crippen molar-refractivity contribution in [2.45, 2.75) is 25.9 Å². The summed E-state index contributed by atoms with van der Waals surface area (Å²) < 4.78 is 0. The molecule has 21 heavy (non-hydrogen) atoms. The molecule has 112 valence electrons. The molecule has 0 spiro atoms. The van der Waals surface area contributed by atoms with Gasteiger partial charge in [-0.25, -0.2) is 0 Å². The third kappa shape index (κ3) is 3.44. The standard InChI is InChI=1S/C17H23N3O/c1-17(2)16(21)19(3)10-11-20(17)13-15-7-4-6-14(12-15)8-5-9-18/h4,6-7,12H,9-11,13,18H2,1-3H3. The molecule has 1 aliphatic rings. The van der Waals surface area contributed by atoms with E-state index in [1.54, 1.807) is 4.90 Å². The topological polar surface area (TPSA) is 49.6 Å². The summed E-state index contributed by atoms with van der Waals surface area (Å²) in [4.78, 5) is 16.3. The van der Waals surface area contributed by atoms with Gasteiger partial charge in [0.1, 0.15) is 0 Å². The first-order valence-electron chi connectivity index (χ1n) is 7.23. The van der Waals surface area contributed by atoms with Crippen LogP contribution in [0, 0.1) is 11.8 Å². The molecule has 2 rings (SSSR count). The normalized spacial score (nSPS) is 18.3. The second kappa shape index (κ2) is 6.30. The van der Waals surface area contributed by atoms with Gasteiger partial charge in [0.25, 0.3) is 0 Å². The van der Waals surface area contributed by atoms with Gasteiger partial charge in [-0.15, -0.1) is 0 Å². The molecule has 2 N–H and O–H groups in total. The van der Waals surface area contributed by atoms with Gasteiger partial charge in [-0.3, -0.25) is 9.69 Å². The van der Waals surface area contributed by atoms with Crippen molar-refractivity contribution in [3.8, 4) is 11.8 Å². The summed E-state index contributed by atoms with van der Waals surface area (Å²) in [5.41, 5.74) is 7.08. The minimum Gasteiger partial charge on any atom is -0.343 e. The maximum atomic E-state index is 12.3. The summed E-state index contributed by atoms with van der Waals surface area (Å²) in [5, 5.41) is 0. The Morgan fingerprint density at radius 2 is 2.10 bits per heavy atom. The summed E-state index contributed by atoms with van der Waals surface area (Å²) in [6.07, 6.45) is 0. The first kappa shape index (κ1) is 15.6. The highest BCUT2D eigenvalue weighted by atomic mass is 16.2. The smallest absolute Gasteiger partial charge is 0.242 e. The molecule has 0 radical (unpaired) electrons. The van der Waals surface area contributed by atoms with Gasteiger partial charge in [-0.2, -0.15) is 0 Å². The van der Waals surface area contributed by atoms with E-state index in [0.29, 0.717) is 6.54 Å². The van der Waals surface area contributed by atoms with Crippen LogP contribution in [-0.4, -0.2) is 47.9 Å². The van der Waals surface area contributed by atoms with Crippen molar-refractivity contribution in [1.82, 2.24) is 9.80 Å². The van der Waals surface area contributed by atoms with Gasteiger partial charge in [0.05, 0.1) is 12.1 Å². The monoisotopic (exact) mass is 285 g/mol. The highest BCUT2D eigenvalue weighted by Gasteiger charge is 2.40. The van der Waals surface area contributed by atoms with Crippen LogP contribution in [0.5, 0.6) is 0 Å². The highest BCUT2D eigenvalue weighted by molar-refractivity contribution is 5.86. The molecule has 1 fully saturated rings. The lowest BCUT2D eigenvalue weighted by Gasteiger charge is -2.44.